The lowest BCUT2D eigenvalue weighted by Crippen LogP contribution is -2.29. The number of aliphatic hydroxyl groups is 1. The first-order valence-electron chi connectivity index (χ1n) is 5.87. The van der Waals surface area contributed by atoms with Crippen LogP contribution in [0.2, 0.25) is 0 Å². The number of nitrogens with zero attached hydrogens (tertiary/aromatic N) is 1. The second-order valence-electron chi connectivity index (χ2n) is 4.60. The van der Waals surface area contributed by atoms with E-state index in [1.165, 1.54) is 4.88 Å². The molecule has 0 aromatic carbocycles. The van der Waals surface area contributed by atoms with Crippen molar-refractivity contribution < 1.29 is 5.11 Å². The Morgan fingerprint density at radius 2 is 2.25 bits per heavy atom. The summed E-state index contributed by atoms with van der Waals surface area (Å²) in [7, 11) is 0. The van der Waals surface area contributed by atoms with Crippen molar-refractivity contribution in [2.75, 3.05) is 13.1 Å². The van der Waals surface area contributed by atoms with E-state index >= 15 is 0 Å². The Hall–Kier alpha value is -0.450. The van der Waals surface area contributed by atoms with Crippen molar-refractivity contribution >= 4 is 11.3 Å². The third-order valence-corrected chi connectivity index (χ3v) is 3.49. The number of thiazole rings is 1. The smallest absolute Gasteiger partial charge is 0.0797 e. The summed E-state index contributed by atoms with van der Waals surface area (Å²) in [6.07, 6.45) is 1.65. The number of hydrogen-bond acceptors (Lipinski definition) is 4. The Labute approximate surface area is 102 Å². The molecule has 1 unspecified atom stereocenters. The summed E-state index contributed by atoms with van der Waals surface area (Å²) < 4.78 is 0. The van der Waals surface area contributed by atoms with Crippen LogP contribution in [0.1, 0.15) is 30.8 Å². The molecule has 0 aliphatic heterocycles. The molecule has 0 amide bonds. The van der Waals surface area contributed by atoms with Gasteiger partial charge in [0.25, 0.3) is 0 Å². The fourth-order valence-electron chi connectivity index (χ4n) is 1.66. The maximum absolute atomic E-state index is 9.66. The zero-order valence-electron chi connectivity index (χ0n) is 10.4. The summed E-state index contributed by atoms with van der Waals surface area (Å²) in [6, 6.07) is 0. The van der Waals surface area contributed by atoms with Crippen molar-refractivity contribution in [3.63, 3.8) is 0 Å². The van der Waals surface area contributed by atoms with Gasteiger partial charge in [-0.2, -0.15) is 0 Å². The van der Waals surface area contributed by atoms with E-state index < -0.39 is 0 Å². The fraction of sp³-hybridized carbons (Fsp3) is 0.750. The molecule has 4 heteroatoms. The normalized spacial score (nSPS) is 13.3. The molecule has 0 aliphatic rings. The number of aliphatic hydroxyl groups excluding tert-OH is 1. The monoisotopic (exact) mass is 242 g/mol. The van der Waals surface area contributed by atoms with Gasteiger partial charge in [-0.1, -0.05) is 13.8 Å². The molecule has 16 heavy (non-hydrogen) atoms. The highest BCUT2D eigenvalue weighted by atomic mass is 32.1. The highest BCUT2D eigenvalue weighted by Gasteiger charge is 2.06. The van der Waals surface area contributed by atoms with Crippen LogP contribution in [0.5, 0.6) is 0 Å². The second kappa shape index (κ2) is 6.99. The van der Waals surface area contributed by atoms with E-state index in [1.807, 2.05) is 12.4 Å². The topological polar surface area (TPSA) is 45.2 Å². The molecule has 0 fully saturated rings. The summed E-state index contributed by atoms with van der Waals surface area (Å²) >= 11 is 1.71. The zero-order chi connectivity index (χ0) is 12.0. The molecule has 1 heterocycles. The highest BCUT2D eigenvalue weighted by Crippen LogP contribution is 2.11. The average molecular weight is 242 g/mol. The molecule has 0 saturated carbocycles. The number of nitrogens with one attached hydrogen (secondary N) is 1. The molecule has 92 valence electrons. The summed E-state index contributed by atoms with van der Waals surface area (Å²) in [5.74, 6) is 0.556. The van der Waals surface area contributed by atoms with E-state index in [2.05, 4.69) is 24.1 Å². The van der Waals surface area contributed by atoms with E-state index in [0.29, 0.717) is 12.5 Å². The Morgan fingerprint density at radius 3 is 2.81 bits per heavy atom. The minimum absolute atomic E-state index is 0.220. The van der Waals surface area contributed by atoms with Gasteiger partial charge in [-0.05, 0) is 25.7 Å². The molecule has 3 nitrogen and oxygen atoms in total. The van der Waals surface area contributed by atoms with E-state index in [1.54, 1.807) is 11.3 Å². The lowest BCUT2D eigenvalue weighted by Gasteiger charge is -2.13. The maximum atomic E-state index is 9.66. The van der Waals surface area contributed by atoms with E-state index in [9.17, 15) is 5.11 Å². The van der Waals surface area contributed by atoms with Crippen LogP contribution in [0.4, 0.5) is 0 Å². The molecule has 1 rings (SSSR count). The minimum atomic E-state index is -0.220. The van der Waals surface area contributed by atoms with Crippen LogP contribution in [0.25, 0.3) is 0 Å². The van der Waals surface area contributed by atoms with Crippen LogP contribution >= 0.6 is 11.3 Å². The summed E-state index contributed by atoms with van der Waals surface area (Å²) in [5.41, 5.74) is 3.02. The van der Waals surface area contributed by atoms with Gasteiger partial charge in [0.1, 0.15) is 0 Å². The van der Waals surface area contributed by atoms with Gasteiger partial charge in [0.15, 0.2) is 0 Å². The molecule has 0 aliphatic carbocycles. The molecule has 1 atom stereocenters. The SMILES string of the molecule is Cc1ncsc1CCNCC(O)CC(C)C. The van der Waals surface area contributed by atoms with Crippen molar-refractivity contribution in [3.05, 3.63) is 16.1 Å². The summed E-state index contributed by atoms with van der Waals surface area (Å²) in [6.45, 7) is 7.90. The van der Waals surface area contributed by atoms with Crippen LogP contribution in [-0.2, 0) is 6.42 Å². The third kappa shape index (κ3) is 5.05. The van der Waals surface area contributed by atoms with Gasteiger partial charge in [-0.3, -0.25) is 0 Å². The molecule has 0 radical (unpaired) electrons. The van der Waals surface area contributed by atoms with Gasteiger partial charge in [0.2, 0.25) is 0 Å². The van der Waals surface area contributed by atoms with Crippen LogP contribution < -0.4 is 5.32 Å². The molecule has 1 aromatic heterocycles. The van der Waals surface area contributed by atoms with Crippen LogP contribution in [0.3, 0.4) is 0 Å². The standard InChI is InChI=1S/C12H22N2OS/c1-9(2)6-11(15)7-13-5-4-12-10(3)14-8-16-12/h8-9,11,13,15H,4-7H2,1-3H3. The Morgan fingerprint density at radius 1 is 1.50 bits per heavy atom. The predicted octanol–water partition coefficient (Wildman–Crippen LogP) is 1.99. The number of hydrogen-bond donors (Lipinski definition) is 2. The third-order valence-electron chi connectivity index (χ3n) is 2.50. The molecular weight excluding hydrogens is 220 g/mol. The lowest BCUT2D eigenvalue weighted by atomic mass is 10.1. The first-order chi connectivity index (χ1) is 7.59. The predicted molar refractivity (Wildman–Crippen MR) is 68.9 cm³/mol. The fourth-order valence-corrected chi connectivity index (χ4v) is 2.45. The van der Waals surface area contributed by atoms with E-state index in [0.717, 1.165) is 25.1 Å². The lowest BCUT2D eigenvalue weighted by molar-refractivity contribution is 0.147. The average Bonchev–Trinajstić information content (AvgIpc) is 2.58. The molecule has 0 saturated heterocycles. The highest BCUT2D eigenvalue weighted by molar-refractivity contribution is 7.09. The molecular formula is C12H22N2OS. The van der Waals surface area contributed by atoms with E-state index in [-0.39, 0.29) is 6.10 Å². The summed E-state index contributed by atoms with van der Waals surface area (Å²) in [4.78, 5) is 5.55. The van der Waals surface area contributed by atoms with Crippen LogP contribution in [-0.4, -0.2) is 29.3 Å². The Balaban J connectivity index is 2.10. The molecule has 0 spiro atoms. The second-order valence-corrected chi connectivity index (χ2v) is 5.54. The zero-order valence-corrected chi connectivity index (χ0v) is 11.2. The first-order valence-corrected chi connectivity index (χ1v) is 6.75. The Bertz CT molecular complexity index is 299. The minimum Gasteiger partial charge on any atom is -0.392 e. The van der Waals surface area contributed by atoms with Crippen molar-refractivity contribution in [1.29, 1.82) is 0 Å². The van der Waals surface area contributed by atoms with E-state index in [4.69, 9.17) is 0 Å². The molecule has 1 aromatic rings. The number of aryl methyl sites for hydroxylation is 1. The Kier molecular flexibility index (Phi) is 5.95. The number of rotatable bonds is 7. The van der Waals surface area contributed by atoms with Crippen LogP contribution in [0, 0.1) is 12.8 Å². The van der Waals surface area contributed by atoms with Gasteiger partial charge in [-0.25, -0.2) is 4.98 Å². The van der Waals surface area contributed by atoms with Crippen molar-refractivity contribution in [2.24, 2.45) is 5.92 Å². The summed E-state index contributed by atoms with van der Waals surface area (Å²) in [5, 5.41) is 12.9. The number of aromatic nitrogens is 1. The van der Waals surface area contributed by atoms with Crippen molar-refractivity contribution in [1.82, 2.24) is 10.3 Å². The van der Waals surface area contributed by atoms with Crippen molar-refractivity contribution in [2.45, 2.75) is 39.7 Å². The quantitative estimate of drug-likeness (QED) is 0.719. The van der Waals surface area contributed by atoms with Gasteiger partial charge >= 0.3 is 0 Å². The molecule has 0 bridgehead atoms. The molecule has 2 N–H and O–H groups in total. The van der Waals surface area contributed by atoms with Gasteiger partial charge in [-0.15, -0.1) is 11.3 Å². The first kappa shape index (κ1) is 13.6. The van der Waals surface area contributed by atoms with Gasteiger partial charge in [0.05, 0.1) is 17.3 Å². The van der Waals surface area contributed by atoms with Crippen molar-refractivity contribution in [3.8, 4) is 0 Å². The van der Waals surface area contributed by atoms with Crippen LogP contribution in [0.15, 0.2) is 5.51 Å². The van der Waals surface area contributed by atoms with Gasteiger partial charge in [0, 0.05) is 18.0 Å². The maximum Gasteiger partial charge on any atom is 0.0797 e. The van der Waals surface area contributed by atoms with Gasteiger partial charge < -0.3 is 10.4 Å². The largest absolute Gasteiger partial charge is 0.392 e.